The molecule has 2 nitrogen and oxygen atoms in total. The van der Waals surface area contributed by atoms with Crippen molar-refractivity contribution in [3.63, 3.8) is 0 Å². The van der Waals surface area contributed by atoms with Gasteiger partial charge in [-0.2, -0.15) is 0 Å². The smallest absolute Gasteiger partial charge is 0.0144 e. The summed E-state index contributed by atoms with van der Waals surface area (Å²) in [5, 5.41) is 7.77. The van der Waals surface area contributed by atoms with Crippen molar-refractivity contribution in [2.45, 2.75) is 109 Å². The third-order valence-corrected chi connectivity index (χ3v) is 5.21. The van der Waals surface area contributed by atoms with Crippen molar-refractivity contribution in [2.75, 3.05) is 0 Å². The molecule has 0 unspecified atom stereocenters. The second kappa shape index (κ2) is 6.36. The van der Waals surface area contributed by atoms with Gasteiger partial charge < -0.3 is 10.6 Å². The van der Waals surface area contributed by atoms with Gasteiger partial charge in [-0.3, -0.25) is 0 Å². The Morgan fingerprint density at radius 1 is 0.900 bits per heavy atom. The Hall–Kier alpha value is -0.0800. The summed E-state index contributed by atoms with van der Waals surface area (Å²) in [5.74, 6) is 1.01. The van der Waals surface area contributed by atoms with E-state index < -0.39 is 0 Å². The van der Waals surface area contributed by atoms with Crippen LogP contribution in [0.2, 0.25) is 0 Å². The summed E-state index contributed by atoms with van der Waals surface area (Å²) in [6, 6.07) is 1.46. The molecule has 2 N–H and O–H groups in total. The Morgan fingerprint density at radius 3 is 1.95 bits per heavy atom. The van der Waals surface area contributed by atoms with Crippen LogP contribution in [0.15, 0.2) is 0 Å². The molecule has 20 heavy (non-hydrogen) atoms. The van der Waals surface area contributed by atoms with E-state index in [1.54, 1.807) is 0 Å². The molecule has 0 aromatic heterocycles. The molecule has 0 atom stereocenters. The number of rotatable bonds is 4. The van der Waals surface area contributed by atoms with Crippen molar-refractivity contribution < 1.29 is 0 Å². The first-order valence-electron chi connectivity index (χ1n) is 8.85. The first-order chi connectivity index (χ1) is 9.30. The first kappa shape index (κ1) is 16.3. The molecule has 1 saturated heterocycles. The van der Waals surface area contributed by atoms with E-state index in [1.165, 1.54) is 51.4 Å². The van der Waals surface area contributed by atoms with Crippen molar-refractivity contribution in [1.82, 2.24) is 10.6 Å². The molecule has 0 radical (unpaired) electrons. The highest BCUT2D eigenvalue weighted by molar-refractivity contribution is 5.00. The Labute approximate surface area is 126 Å². The van der Waals surface area contributed by atoms with Crippen LogP contribution in [-0.2, 0) is 0 Å². The molecule has 0 aromatic carbocycles. The molecule has 0 spiro atoms. The van der Waals surface area contributed by atoms with Crippen LogP contribution < -0.4 is 10.6 Å². The minimum atomic E-state index is 0.263. The zero-order chi connectivity index (χ0) is 14.8. The molecule has 118 valence electrons. The highest BCUT2D eigenvalue weighted by Gasteiger charge is 2.38. The fraction of sp³-hybridized carbons (Fsp3) is 1.00. The predicted octanol–water partition coefficient (Wildman–Crippen LogP) is 4.24. The van der Waals surface area contributed by atoms with E-state index in [4.69, 9.17) is 0 Å². The van der Waals surface area contributed by atoms with Crippen molar-refractivity contribution in [2.24, 2.45) is 5.92 Å². The Balaban J connectivity index is 1.82. The molecule has 2 fully saturated rings. The van der Waals surface area contributed by atoms with Gasteiger partial charge in [0.15, 0.2) is 0 Å². The Morgan fingerprint density at radius 2 is 1.45 bits per heavy atom. The van der Waals surface area contributed by atoms with Gasteiger partial charge in [0.1, 0.15) is 0 Å². The number of hydrogen-bond donors (Lipinski definition) is 2. The Bertz CT molecular complexity index is 285. The summed E-state index contributed by atoms with van der Waals surface area (Å²) >= 11 is 0. The quantitative estimate of drug-likeness (QED) is 0.804. The average molecular weight is 281 g/mol. The lowest BCUT2D eigenvalue weighted by molar-refractivity contribution is 0.131. The number of piperidine rings is 1. The number of nitrogens with one attached hydrogen (secondary N) is 2. The van der Waals surface area contributed by atoms with E-state index in [0.29, 0.717) is 6.04 Å². The fourth-order valence-electron chi connectivity index (χ4n) is 4.80. The van der Waals surface area contributed by atoms with E-state index in [2.05, 4.69) is 45.3 Å². The molecule has 2 aliphatic rings. The van der Waals surface area contributed by atoms with Crippen molar-refractivity contribution in [3.8, 4) is 0 Å². The lowest BCUT2D eigenvalue weighted by Gasteiger charge is -2.48. The van der Waals surface area contributed by atoms with Crippen LogP contribution in [0, 0.1) is 5.92 Å². The third-order valence-electron chi connectivity index (χ3n) is 5.21. The normalized spacial score (nSPS) is 34.0. The van der Waals surface area contributed by atoms with Crippen LogP contribution in [-0.4, -0.2) is 23.2 Å². The van der Waals surface area contributed by atoms with Gasteiger partial charge >= 0.3 is 0 Å². The molecule has 1 heterocycles. The fourth-order valence-corrected chi connectivity index (χ4v) is 4.80. The second-order valence-corrected chi connectivity index (χ2v) is 8.67. The zero-order valence-corrected chi connectivity index (χ0v) is 14.4. The highest BCUT2D eigenvalue weighted by atomic mass is 15.1. The van der Waals surface area contributed by atoms with E-state index in [9.17, 15) is 0 Å². The van der Waals surface area contributed by atoms with Gasteiger partial charge in [0.2, 0.25) is 0 Å². The summed E-state index contributed by atoms with van der Waals surface area (Å²) in [6.45, 7) is 11.7. The summed E-state index contributed by atoms with van der Waals surface area (Å²) < 4.78 is 0. The minimum absolute atomic E-state index is 0.263. The lowest BCUT2D eigenvalue weighted by Crippen LogP contribution is -2.62. The SMILES string of the molecule is CCCC1CCC(NC2CC(C)(C)NC(C)(C)C2)CC1. The molecule has 0 aromatic rings. The van der Waals surface area contributed by atoms with Crippen LogP contribution in [0.5, 0.6) is 0 Å². The summed E-state index contributed by atoms with van der Waals surface area (Å²) in [7, 11) is 0. The molecular weight excluding hydrogens is 244 g/mol. The molecule has 0 bridgehead atoms. The topological polar surface area (TPSA) is 24.1 Å². The highest BCUT2D eigenvalue weighted by Crippen LogP contribution is 2.32. The maximum atomic E-state index is 3.99. The van der Waals surface area contributed by atoms with Crippen LogP contribution in [0.25, 0.3) is 0 Å². The Kier molecular flexibility index (Phi) is 5.18. The van der Waals surface area contributed by atoms with Gasteiger partial charge in [-0.05, 0) is 72.1 Å². The molecule has 1 aliphatic heterocycles. The minimum Gasteiger partial charge on any atom is -0.311 e. The van der Waals surface area contributed by atoms with Gasteiger partial charge in [0.05, 0.1) is 0 Å². The van der Waals surface area contributed by atoms with Crippen LogP contribution in [0.4, 0.5) is 0 Å². The van der Waals surface area contributed by atoms with E-state index in [-0.39, 0.29) is 11.1 Å². The predicted molar refractivity (Wildman–Crippen MR) is 88.1 cm³/mol. The van der Waals surface area contributed by atoms with E-state index in [1.807, 2.05) is 0 Å². The first-order valence-corrected chi connectivity index (χ1v) is 8.85. The van der Waals surface area contributed by atoms with E-state index in [0.717, 1.165) is 12.0 Å². The molecule has 2 rings (SSSR count). The summed E-state index contributed by atoms with van der Waals surface area (Å²) in [5.41, 5.74) is 0.525. The van der Waals surface area contributed by atoms with Gasteiger partial charge in [-0.1, -0.05) is 19.8 Å². The van der Waals surface area contributed by atoms with Crippen LogP contribution >= 0.6 is 0 Å². The standard InChI is InChI=1S/C18H36N2/c1-6-7-14-8-10-15(11-9-14)19-16-12-17(2,3)20-18(4,5)13-16/h14-16,19-20H,6-13H2,1-5H3. The zero-order valence-electron chi connectivity index (χ0n) is 14.4. The third kappa shape index (κ3) is 4.73. The van der Waals surface area contributed by atoms with Gasteiger partial charge in [0, 0.05) is 23.2 Å². The average Bonchev–Trinajstić information content (AvgIpc) is 2.28. The number of hydrogen-bond acceptors (Lipinski definition) is 2. The summed E-state index contributed by atoms with van der Waals surface area (Å²) in [6.07, 6.45) is 11.0. The van der Waals surface area contributed by atoms with Gasteiger partial charge in [0.25, 0.3) is 0 Å². The van der Waals surface area contributed by atoms with Crippen molar-refractivity contribution in [1.29, 1.82) is 0 Å². The summed E-state index contributed by atoms with van der Waals surface area (Å²) in [4.78, 5) is 0. The van der Waals surface area contributed by atoms with Crippen molar-refractivity contribution >= 4 is 0 Å². The van der Waals surface area contributed by atoms with E-state index >= 15 is 0 Å². The van der Waals surface area contributed by atoms with Crippen LogP contribution in [0.1, 0.15) is 86.0 Å². The van der Waals surface area contributed by atoms with Crippen LogP contribution in [0.3, 0.4) is 0 Å². The molecular formula is C18H36N2. The maximum Gasteiger partial charge on any atom is 0.0144 e. The lowest BCUT2D eigenvalue weighted by atomic mass is 9.78. The van der Waals surface area contributed by atoms with Gasteiger partial charge in [-0.15, -0.1) is 0 Å². The van der Waals surface area contributed by atoms with Gasteiger partial charge in [-0.25, -0.2) is 0 Å². The molecule has 2 heteroatoms. The second-order valence-electron chi connectivity index (χ2n) is 8.67. The molecule has 1 aliphatic carbocycles. The molecule has 1 saturated carbocycles. The van der Waals surface area contributed by atoms with Crippen molar-refractivity contribution in [3.05, 3.63) is 0 Å². The maximum absolute atomic E-state index is 3.99. The largest absolute Gasteiger partial charge is 0.311 e. The molecule has 0 amide bonds. The monoisotopic (exact) mass is 280 g/mol.